The van der Waals surface area contributed by atoms with Crippen molar-refractivity contribution in [3.63, 3.8) is 0 Å². The van der Waals surface area contributed by atoms with Gasteiger partial charge in [-0.05, 0) is 32.9 Å². The first-order chi connectivity index (χ1) is 14.2. The van der Waals surface area contributed by atoms with Gasteiger partial charge in [-0.1, -0.05) is 0 Å². The largest absolute Gasteiger partial charge is 0.284 e. The van der Waals surface area contributed by atoms with E-state index in [2.05, 4.69) is 5.10 Å². The van der Waals surface area contributed by atoms with Crippen LogP contribution in [0.5, 0.6) is 0 Å². The molecule has 30 heavy (non-hydrogen) atoms. The topological polar surface area (TPSA) is 141 Å². The number of nitro groups is 2. The molecule has 152 valence electrons. The number of nitro benzene ring substituents is 2. The third kappa shape index (κ3) is 2.41. The Balaban J connectivity index is 2.07. The van der Waals surface area contributed by atoms with Crippen LogP contribution in [0.15, 0.2) is 24.3 Å². The van der Waals surface area contributed by atoms with Gasteiger partial charge in [0.05, 0.1) is 26.9 Å². The Kier molecular flexibility index (Phi) is 4.12. The van der Waals surface area contributed by atoms with Crippen molar-refractivity contribution >= 4 is 39.6 Å². The van der Waals surface area contributed by atoms with Crippen LogP contribution in [0, 0.1) is 34.1 Å². The maximum atomic E-state index is 13.3. The van der Waals surface area contributed by atoms with Gasteiger partial charge in [0.15, 0.2) is 0 Å². The fraction of sp³-hybridized carbons (Fsp3) is 0.211. The maximum Gasteiger partial charge on any atom is 0.284 e. The SMILES string of the molecule is CCn1nc(C)c(N2C(=O)c3ccc([N+](=O)[O-])c4c([N+](=O)[O-])ccc(c34)C2=O)c1C. The summed E-state index contributed by atoms with van der Waals surface area (Å²) in [6.07, 6.45) is 0. The fourth-order valence-electron chi connectivity index (χ4n) is 3.98. The number of imide groups is 1. The van der Waals surface area contributed by atoms with E-state index in [9.17, 15) is 29.8 Å². The lowest BCUT2D eigenvalue weighted by atomic mass is 9.91. The summed E-state index contributed by atoms with van der Waals surface area (Å²) in [6, 6.07) is 4.56. The second-order valence-electron chi connectivity index (χ2n) is 6.81. The van der Waals surface area contributed by atoms with E-state index in [0.717, 1.165) is 17.0 Å². The summed E-state index contributed by atoms with van der Waals surface area (Å²) < 4.78 is 1.65. The highest BCUT2D eigenvalue weighted by Crippen LogP contribution is 2.42. The predicted octanol–water partition coefficient (Wildman–Crippen LogP) is 3.29. The minimum absolute atomic E-state index is 0.0167. The number of amides is 2. The number of aromatic nitrogens is 2. The quantitative estimate of drug-likeness (QED) is 0.365. The summed E-state index contributed by atoms with van der Waals surface area (Å²) in [4.78, 5) is 49.0. The first-order valence-corrected chi connectivity index (χ1v) is 9.00. The standard InChI is InChI=1S/C19H15N5O6/c1-4-21-10(3)17(9(2)20-21)22-18(25)11-5-7-13(23(27)28)16-14(24(29)30)8-6-12(15(11)16)19(22)26/h5-8H,4H2,1-3H3. The molecule has 0 saturated carbocycles. The van der Waals surface area contributed by atoms with Gasteiger partial charge in [0.2, 0.25) is 0 Å². The van der Waals surface area contributed by atoms with Gasteiger partial charge >= 0.3 is 0 Å². The second kappa shape index (κ2) is 6.44. The zero-order valence-corrected chi connectivity index (χ0v) is 16.2. The summed E-state index contributed by atoms with van der Waals surface area (Å²) in [7, 11) is 0. The van der Waals surface area contributed by atoms with E-state index in [1.54, 1.807) is 18.5 Å². The molecule has 2 amide bonds. The summed E-state index contributed by atoms with van der Waals surface area (Å²) in [5.41, 5.74) is 0.307. The molecule has 2 aromatic carbocycles. The number of hydrogen-bond donors (Lipinski definition) is 0. The van der Waals surface area contributed by atoms with E-state index in [-0.39, 0.29) is 21.9 Å². The molecule has 0 unspecified atom stereocenters. The monoisotopic (exact) mass is 409 g/mol. The molecule has 0 atom stereocenters. The molecular weight excluding hydrogens is 394 g/mol. The second-order valence-corrected chi connectivity index (χ2v) is 6.81. The average molecular weight is 409 g/mol. The number of carbonyl (C=O) groups is 2. The Labute approximate surface area is 168 Å². The van der Waals surface area contributed by atoms with Gasteiger partial charge in [0, 0.05) is 35.2 Å². The fourth-order valence-corrected chi connectivity index (χ4v) is 3.98. The lowest BCUT2D eigenvalue weighted by molar-refractivity contribution is -0.390. The molecule has 2 heterocycles. The Morgan fingerprint density at radius 3 is 1.80 bits per heavy atom. The van der Waals surface area contributed by atoms with E-state index in [1.807, 2.05) is 6.92 Å². The number of aryl methyl sites for hydroxylation is 2. The normalized spacial score (nSPS) is 13.2. The molecular formula is C19H15N5O6. The van der Waals surface area contributed by atoms with Crippen molar-refractivity contribution in [2.75, 3.05) is 4.90 Å². The van der Waals surface area contributed by atoms with Crippen LogP contribution in [-0.2, 0) is 6.54 Å². The van der Waals surface area contributed by atoms with Crippen LogP contribution in [0.4, 0.5) is 17.1 Å². The molecule has 0 fully saturated rings. The van der Waals surface area contributed by atoms with E-state index in [4.69, 9.17) is 0 Å². The van der Waals surface area contributed by atoms with Crippen LogP contribution < -0.4 is 4.90 Å². The van der Waals surface area contributed by atoms with Gasteiger partial charge in [0.25, 0.3) is 23.2 Å². The van der Waals surface area contributed by atoms with Crippen molar-refractivity contribution in [1.82, 2.24) is 9.78 Å². The number of nitrogens with zero attached hydrogens (tertiary/aromatic N) is 5. The smallest absolute Gasteiger partial charge is 0.268 e. The first kappa shape index (κ1) is 19.2. The van der Waals surface area contributed by atoms with Crippen molar-refractivity contribution in [2.24, 2.45) is 0 Å². The maximum absolute atomic E-state index is 13.3. The van der Waals surface area contributed by atoms with Crippen molar-refractivity contribution in [1.29, 1.82) is 0 Å². The van der Waals surface area contributed by atoms with Crippen LogP contribution in [0.25, 0.3) is 10.8 Å². The van der Waals surface area contributed by atoms with Crippen molar-refractivity contribution < 1.29 is 19.4 Å². The van der Waals surface area contributed by atoms with E-state index >= 15 is 0 Å². The van der Waals surface area contributed by atoms with E-state index < -0.39 is 33.0 Å². The molecule has 11 heteroatoms. The van der Waals surface area contributed by atoms with Crippen LogP contribution in [-0.4, -0.2) is 31.4 Å². The highest BCUT2D eigenvalue weighted by molar-refractivity contribution is 6.37. The van der Waals surface area contributed by atoms with E-state index in [0.29, 0.717) is 23.6 Å². The van der Waals surface area contributed by atoms with E-state index in [1.165, 1.54) is 12.1 Å². The Bertz CT molecular complexity index is 1240. The molecule has 0 saturated heterocycles. The number of anilines is 1. The molecule has 0 bridgehead atoms. The molecule has 11 nitrogen and oxygen atoms in total. The Hall–Kier alpha value is -4.15. The molecule has 1 aliphatic rings. The van der Waals surface area contributed by atoms with Gasteiger partial charge in [-0.25, -0.2) is 4.90 Å². The first-order valence-electron chi connectivity index (χ1n) is 9.00. The lowest BCUT2D eigenvalue weighted by Crippen LogP contribution is -2.41. The minimum atomic E-state index is -0.767. The number of benzene rings is 2. The molecule has 0 N–H and O–H groups in total. The van der Waals surface area contributed by atoms with Gasteiger partial charge in [0.1, 0.15) is 5.39 Å². The Morgan fingerprint density at radius 1 is 0.900 bits per heavy atom. The average Bonchev–Trinajstić information content (AvgIpc) is 2.99. The highest BCUT2D eigenvalue weighted by atomic mass is 16.6. The van der Waals surface area contributed by atoms with Gasteiger partial charge in [-0.15, -0.1) is 0 Å². The van der Waals surface area contributed by atoms with Gasteiger partial charge < -0.3 is 0 Å². The predicted molar refractivity (Wildman–Crippen MR) is 106 cm³/mol. The van der Waals surface area contributed by atoms with Crippen molar-refractivity contribution in [3.8, 4) is 0 Å². The molecule has 0 spiro atoms. The molecule has 4 rings (SSSR count). The number of non-ortho nitro benzene ring substituents is 2. The number of rotatable bonds is 4. The molecule has 3 aromatic rings. The molecule has 0 aliphatic carbocycles. The molecule has 0 radical (unpaired) electrons. The third-order valence-electron chi connectivity index (χ3n) is 5.24. The highest BCUT2D eigenvalue weighted by Gasteiger charge is 2.40. The minimum Gasteiger partial charge on any atom is -0.268 e. The zero-order valence-electron chi connectivity index (χ0n) is 16.2. The summed E-state index contributed by atoms with van der Waals surface area (Å²) in [5.74, 6) is -1.43. The molecule has 1 aliphatic heterocycles. The lowest BCUT2D eigenvalue weighted by Gasteiger charge is -2.27. The van der Waals surface area contributed by atoms with Crippen LogP contribution >= 0.6 is 0 Å². The third-order valence-corrected chi connectivity index (χ3v) is 5.24. The number of carbonyl (C=O) groups excluding carboxylic acids is 2. The zero-order chi connectivity index (χ0) is 21.9. The van der Waals surface area contributed by atoms with Gasteiger partial charge in [-0.3, -0.25) is 34.5 Å². The van der Waals surface area contributed by atoms with Crippen molar-refractivity contribution in [3.05, 3.63) is 67.0 Å². The Morgan fingerprint density at radius 2 is 1.40 bits per heavy atom. The van der Waals surface area contributed by atoms with Gasteiger partial charge in [-0.2, -0.15) is 5.10 Å². The summed E-state index contributed by atoms with van der Waals surface area (Å²) in [6.45, 7) is 5.81. The summed E-state index contributed by atoms with van der Waals surface area (Å²) >= 11 is 0. The van der Waals surface area contributed by atoms with Crippen LogP contribution in [0.3, 0.4) is 0 Å². The summed E-state index contributed by atoms with van der Waals surface area (Å²) in [5, 5.41) is 26.9. The molecule has 1 aromatic heterocycles. The van der Waals surface area contributed by atoms with Crippen LogP contribution in [0.1, 0.15) is 39.0 Å². The number of hydrogen-bond acceptors (Lipinski definition) is 7. The van der Waals surface area contributed by atoms with Crippen LogP contribution in [0.2, 0.25) is 0 Å². The van der Waals surface area contributed by atoms with Crippen molar-refractivity contribution in [2.45, 2.75) is 27.3 Å².